The molecule has 0 amide bonds. The molecular weight excluding hydrogens is 330 g/mol. The molecule has 132 valence electrons. The fraction of sp³-hybridized carbons (Fsp3) is 0.455. The largest absolute Gasteiger partial charge is 0.493 e. The molecule has 1 unspecified atom stereocenters. The van der Waals surface area contributed by atoms with Crippen molar-refractivity contribution in [1.82, 2.24) is 4.90 Å². The highest BCUT2D eigenvalue weighted by molar-refractivity contribution is 6.30. The molecule has 2 nitrogen and oxygen atoms in total. The second kappa shape index (κ2) is 7.39. The van der Waals surface area contributed by atoms with E-state index in [-0.39, 0.29) is 5.54 Å². The second-order valence-electron chi connectivity index (χ2n) is 7.47. The zero-order chi connectivity index (χ0) is 17.1. The van der Waals surface area contributed by atoms with Crippen LogP contribution in [0.25, 0.3) is 0 Å². The molecule has 2 aliphatic rings. The van der Waals surface area contributed by atoms with Gasteiger partial charge in [0.1, 0.15) is 5.75 Å². The number of nitrogens with zero attached hydrogens (tertiary/aromatic N) is 1. The third-order valence-electron chi connectivity index (χ3n) is 5.92. The van der Waals surface area contributed by atoms with Gasteiger partial charge in [-0.3, -0.25) is 4.90 Å². The lowest BCUT2D eigenvalue weighted by molar-refractivity contribution is -0.0251. The maximum atomic E-state index is 6.10. The summed E-state index contributed by atoms with van der Waals surface area (Å²) >= 11 is 6.10. The summed E-state index contributed by atoms with van der Waals surface area (Å²) in [6.07, 6.45) is 6.38. The summed E-state index contributed by atoms with van der Waals surface area (Å²) in [7, 11) is 0. The molecule has 0 radical (unpaired) electrons. The average Bonchev–Trinajstić information content (AvgIpc) is 2.62. The van der Waals surface area contributed by atoms with E-state index in [1.807, 2.05) is 42.5 Å². The van der Waals surface area contributed by atoms with Gasteiger partial charge >= 0.3 is 0 Å². The third kappa shape index (κ3) is 3.56. The first kappa shape index (κ1) is 16.9. The third-order valence-corrected chi connectivity index (χ3v) is 6.17. The molecule has 0 spiro atoms. The number of halogens is 1. The van der Waals surface area contributed by atoms with Crippen LogP contribution in [-0.4, -0.2) is 24.6 Å². The predicted molar refractivity (Wildman–Crippen MR) is 103 cm³/mol. The summed E-state index contributed by atoms with van der Waals surface area (Å²) in [5.74, 6) is 1.59. The van der Waals surface area contributed by atoms with Crippen LogP contribution in [0.1, 0.15) is 37.7 Å². The number of hydrogen-bond donors (Lipinski definition) is 0. The highest BCUT2D eigenvalue weighted by Gasteiger charge is 2.45. The van der Waals surface area contributed by atoms with Crippen LogP contribution in [0.3, 0.4) is 0 Å². The van der Waals surface area contributed by atoms with Crippen LogP contribution in [0.2, 0.25) is 5.02 Å². The molecule has 1 saturated carbocycles. The van der Waals surface area contributed by atoms with Gasteiger partial charge in [-0.2, -0.15) is 0 Å². The minimum atomic E-state index is 0.232. The van der Waals surface area contributed by atoms with Crippen molar-refractivity contribution in [3.8, 4) is 5.75 Å². The number of likely N-dealkylation sites (tertiary alicyclic amines) is 1. The molecule has 0 N–H and O–H groups in total. The van der Waals surface area contributed by atoms with Gasteiger partial charge in [0.15, 0.2) is 0 Å². The maximum absolute atomic E-state index is 6.10. The van der Waals surface area contributed by atoms with Crippen LogP contribution in [0.5, 0.6) is 5.75 Å². The van der Waals surface area contributed by atoms with Crippen molar-refractivity contribution in [3.05, 3.63) is 65.2 Å². The van der Waals surface area contributed by atoms with Crippen molar-refractivity contribution in [2.45, 2.75) is 37.6 Å². The number of benzene rings is 2. The highest BCUT2D eigenvalue weighted by atomic mass is 35.5. The molecule has 4 rings (SSSR count). The minimum absolute atomic E-state index is 0.232. The van der Waals surface area contributed by atoms with Crippen LogP contribution < -0.4 is 4.74 Å². The number of piperidine rings is 1. The van der Waals surface area contributed by atoms with E-state index in [9.17, 15) is 0 Å². The van der Waals surface area contributed by atoms with Gasteiger partial charge in [0, 0.05) is 23.0 Å². The number of hydrogen-bond acceptors (Lipinski definition) is 2. The van der Waals surface area contributed by atoms with Crippen molar-refractivity contribution in [1.29, 1.82) is 0 Å². The average molecular weight is 356 g/mol. The Balaban J connectivity index is 1.43. The summed E-state index contributed by atoms with van der Waals surface area (Å²) in [5.41, 5.74) is 1.67. The first-order valence-electron chi connectivity index (χ1n) is 9.45. The molecule has 2 aromatic rings. The fourth-order valence-electron chi connectivity index (χ4n) is 4.38. The van der Waals surface area contributed by atoms with Gasteiger partial charge in [0.05, 0.1) is 6.61 Å². The number of ether oxygens (including phenoxy) is 1. The monoisotopic (exact) mass is 355 g/mol. The lowest BCUT2D eigenvalue weighted by Crippen LogP contribution is -2.55. The van der Waals surface area contributed by atoms with Crippen LogP contribution in [-0.2, 0) is 5.54 Å². The number of rotatable bonds is 5. The predicted octanol–water partition coefficient (Wildman–Crippen LogP) is 5.51. The summed E-state index contributed by atoms with van der Waals surface area (Å²) in [5, 5.41) is 0.825. The van der Waals surface area contributed by atoms with Gasteiger partial charge < -0.3 is 4.74 Å². The van der Waals surface area contributed by atoms with Crippen LogP contribution >= 0.6 is 11.6 Å². The Labute approximate surface area is 155 Å². The van der Waals surface area contributed by atoms with E-state index in [0.717, 1.165) is 23.9 Å². The van der Waals surface area contributed by atoms with Crippen molar-refractivity contribution >= 4 is 11.6 Å². The van der Waals surface area contributed by atoms with E-state index < -0.39 is 0 Å². The van der Waals surface area contributed by atoms with E-state index in [1.165, 1.54) is 44.2 Å². The Morgan fingerprint density at radius 2 is 1.76 bits per heavy atom. The van der Waals surface area contributed by atoms with E-state index >= 15 is 0 Å². The minimum Gasteiger partial charge on any atom is -0.493 e. The van der Waals surface area contributed by atoms with E-state index in [1.54, 1.807) is 0 Å². The van der Waals surface area contributed by atoms with Gasteiger partial charge in [0.25, 0.3) is 0 Å². The highest BCUT2D eigenvalue weighted by Crippen LogP contribution is 2.48. The first-order chi connectivity index (χ1) is 12.3. The van der Waals surface area contributed by atoms with Crippen molar-refractivity contribution < 1.29 is 4.74 Å². The molecule has 0 bridgehead atoms. The lowest BCUT2D eigenvalue weighted by atomic mass is 9.69. The Kier molecular flexibility index (Phi) is 5.00. The van der Waals surface area contributed by atoms with Gasteiger partial charge in [-0.25, -0.2) is 0 Å². The number of para-hydroxylation sites is 1. The quantitative estimate of drug-likeness (QED) is 0.701. The zero-order valence-corrected chi connectivity index (χ0v) is 15.4. The molecule has 2 fully saturated rings. The summed E-state index contributed by atoms with van der Waals surface area (Å²) in [6, 6.07) is 18.7. The topological polar surface area (TPSA) is 12.5 Å². The van der Waals surface area contributed by atoms with Gasteiger partial charge in [-0.1, -0.05) is 41.9 Å². The summed E-state index contributed by atoms with van der Waals surface area (Å²) < 4.78 is 6.04. The van der Waals surface area contributed by atoms with Crippen molar-refractivity contribution in [3.63, 3.8) is 0 Å². The van der Waals surface area contributed by atoms with E-state index in [0.29, 0.717) is 5.92 Å². The van der Waals surface area contributed by atoms with Gasteiger partial charge in [0.2, 0.25) is 0 Å². The Bertz CT molecular complexity index is 681. The fourth-order valence-corrected chi connectivity index (χ4v) is 4.51. The van der Waals surface area contributed by atoms with Crippen LogP contribution in [0.15, 0.2) is 54.6 Å². The SMILES string of the molecule is Clc1ccc(C2(N3CCCC(COc4ccccc4)C3)CCC2)cc1. The second-order valence-corrected chi connectivity index (χ2v) is 7.91. The standard InChI is InChI=1S/C22H26ClNO/c23-20-11-9-19(10-12-20)22(13-5-14-22)24-15-4-6-18(16-24)17-25-21-7-2-1-3-8-21/h1-3,7-12,18H,4-6,13-17H2. The van der Waals surface area contributed by atoms with Gasteiger partial charge in [-0.15, -0.1) is 0 Å². The molecule has 2 aromatic carbocycles. The maximum Gasteiger partial charge on any atom is 0.119 e. The molecule has 0 aromatic heterocycles. The van der Waals surface area contributed by atoms with Crippen LogP contribution in [0.4, 0.5) is 0 Å². The van der Waals surface area contributed by atoms with E-state index in [2.05, 4.69) is 17.0 Å². The van der Waals surface area contributed by atoms with Crippen LogP contribution in [0, 0.1) is 5.92 Å². The normalized spacial score (nSPS) is 23.0. The summed E-state index contributed by atoms with van der Waals surface area (Å²) in [4.78, 5) is 2.72. The Morgan fingerprint density at radius 3 is 2.44 bits per heavy atom. The first-order valence-corrected chi connectivity index (χ1v) is 9.83. The van der Waals surface area contributed by atoms with Gasteiger partial charge in [-0.05, 0) is 68.5 Å². The lowest BCUT2D eigenvalue weighted by Gasteiger charge is -2.53. The molecule has 1 saturated heterocycles. The van der Waals surface area contributed by atoms with E-state index in [4.69, 9.17) is 16.3 Å². The molecule has 1 aliphatic heterocycles. The summed E-state index contributed by atoms with van der Waals surface area (Å²) in [6.45, 7) is 3.15. The zero-order valence-electron chi connectivity index (χ0n) is 14.7. The van der Waals surface area contributed by atoms with Crippen molar-refractivity contribution in [2.75, 3.05) is 19.7 Å². The molecular formula is C22H26ClNO. The molecule has 1 aliphatic carbocycles. The van der Waals surface area contributed by atoms with Crippen molar-refractivity contribution in [2.24, 2.45) is 5.92 Å². The Morgan fingerprint density at radius 1 is 1.00 bits per heavy atom. The molecule has 1 heterocycles. The Hall–Kier alpha value is -1.51. The molecule has 25 heavy (non-hydrogen) atoms. The molecule has 1 atom stereocenters. The smallest absolute Gasteiger partial charge is 0.119 e. The molecule has 3 heteroatoms.